The van der Waals surface area contributed by atoms with Crippen molar-refractivity contribution in [3.63, 3.8) is 0 Å². The summed E-state index contributed by atoms with van der Waals surface area (Å²) < 4.78 is 21.0. The number of nitrogens with one attached hydrogen (secondary N) is 2. The Hall–Kier alpha value is -3.16. The second-order valence-corrected chi connectivity index (χ2v) is 5.55. The van der Waals surface area contributed by atoms with Gasteiger partial charge in [-0.15, -0.1) is 0 Å². The molecule has 0 fully saturated rings. The van der Waals surface area contributed by atoms with Gasteiger partial charge in [0.25, 0.3) is 5.91 Å². The summed E-state index contributed by atoms with van der Waals surface area (Å²) >= 11 is 0. The number of furan rings is 1. The number of hydrogen-bond donors (Lipinski definition) is 2. The van der Waals surface area contributed by atoms with Crippen LogP contribution in [0.25, 0.3) is 0 Å². The third-order valence-corrected chi connectivity index (χ3v) is 3.65. The SMILES string of the molecule is O=C(CCCNC(=O)c1ccco1)NCCOc1ccc2c(c1)OCO2. The average molecular weight is 360 g/mol. The third kappa shape index (κ3) is 4.92. The smallest absolute Gasteiger partial charge is 0.286 e. The standard InChI is InChI=1S/C18H20N2O6/c21-17(4-1-7-20-18(22)15-3-2-9-24-15)19-8-10-23-13-5-6-14-16(11-13)26-12-25-14/h2-3,5-6,9,11H,1,4,7-8,10,12H2,(H,19,21)(H,20,22). The maximum absolute atomic E-state index is 11.7. The Balaban J connectivity index is 1.24. The summed E-state index contributed by atoms with van der Waals surface area (Å²) in [4.78, 5) is 23.4. The minimum Gasteiger partial charge on any atom is -0.492 e. The lowest BCUT2D eigenvalue weighted by molar-refractivity contribution is -0.121. The molecule has 8 nitrogen and oxygen atoms in total. The molecule has 2 heterocycles. The van der Waals surface area contributed by atoms with E-state index in [1.165, 1.54) is 6.26 Å². The normalized spacial score (nSPS) is 11.8. The monoisotopic (exact) mass is 360 g/mol. The molecule has 1 aliphatic heterocycles. The van der Waals surface area contributed by atoms with Crippen LogP contribution in [0, 0.1) is 0 Å². The minimum absolute atomic E-state index is 0.0912. The van der Waals surface area contributed by atoms with Gasteiger partial charge in [-0.1, -0.05) is 0 Å². The first-order valence-corrected chi connectivity index (χ1v) is 8.33. The molecule has 0 radical (unpaired) electrons. The van der Waals surface area contributed by atoms with Gasteiger partial charge in [-0.2, -0.15) is 0 Å². The van der Waals surface area contributed by atoms with Crippen molar-refractivity contribution in [1.82, 2.24) is 10.6 Å². The molecule has 26 heavy (non-hydrogen) atoms. The Bertz CT molecular complexity index is 744. The fraction of sp³-hybridized carbons (Fsp3) is 0.333. The highest BCUT2D eigenvalue weighted by molar-refractivity contribution is 5.91. The summed E-state index contributed by atoms with van der Waals surface area (Å²) in [5.74, 6) is 1.89. The zero-order valence-corrected chi connectivity index (χ0v) is 14.2. The molecule has 0 saturated carbocycles. The first-order valence-electron chi connectivity index (χ1n) is 8.33. The molecular formula is C18H20N2O6. The minimum atomic E-state index is -0.285. The number of rotatable bonds is 9. The molecule has 1 aliphatic rings. The molecule has 2 aromatic rings. The van der Waals surface area contributed by atoms with Crippen LogP contribution in [0.5, 0.6) is 17.2 Å². The molecule has 1 aromatic carbocycles. The van der Waals surface area contributed by atoms with E-state index in [1.807, 2.05) is 0 Å². The average Bonchev–Trinajstić information content (AvgIpc) is 3.33. The van der Waals surface area contributed by atoms with Crippen molar-refractivity contribution >= 4 is 11.8 Å². The predicted molar refractivity (Wildman–Crippen MR) is 91.3 cm³/mol. The van der Waals surface area contributed by atoms with Gasteiger partial charge < -0.3 is 29.3 Å². The number of ether oxygens (including phenoxy) is 3. The van der Waals surface area contributed by atoms with Crippen LogP contribution in [0.15, 0.2) is 41.0 Å². The first-order chi connectivity index (χ1) is 12.7. The van der Waals surface area contributed by atoms with E-state index in [-0.39, 0.29) is 24.4 Å². The molecule has 0 aliphatic carbocycles. The number of carbonyl (C=O) groups excluding carboxylic acids is 2. The van der Waals surface area contributed by atoms with Crippen LogP contribution in [-0.2, 0) is 4.79 Å². The van der Waals surface area contributed by atoms with Gasteiger partial charge in [0.1, 0.15) is 12.4 Å². The quantitative estimate of drug-likeness (QED) is 0.661. The van der Waals surface area contributed by atoms with Crippen LogP contribution in [0.2, 0.25) is 0 Å². The van der Waals surface area contributed by atoms with Crippen LogP contribution in [-0.4, -0.2) is 38.3 Å². The number of hydrogen-bond acceptors (Lipinski definition) is 6. The van der Waals surface area contributed by atoms with Gasteiger partial charge in [0.05, 0.1) is 12.8 Å². The molecule has 0 saturated heterocycles. The lowest BCUT2D eigenvalue weighted by Crippen LogP contribution is -2.29. The Labute approximate surface area is 150 Å². The van der Waals surface area contributed by atoms with Crippen LogP contribution >= 0.6 is 0 Å². The van der Waals surface area contributed by atoms with Crippen molar-refractivity contribution in [2.45, 2.75) is 12.8 Å². The summed E-state index contributed by atoms with van der Waals surface area (Å²) in [7, 11) is 0. The van der Waals surface area contributed by atoms with E-state index in [0.717, 1.165) is 0 Å². The van der Waals surface area contributed by atoms with Gasteiger partial charge in [0.2, 0.25) is 12.7 Å². The Morgan fingerprint density at radius 1 is 1.08 bits per heavy atom. The molecule has 1 aromatic heterocycles. The first kappa shape index (κ1) is 17.7. The topological polar surface area (TPSA) is 99.0 Å². The van der Waals surface area contributed by atoms with Crippen molar-refractivity contribution in [2.75, 3.05) is 26.5 Å². The summed E-state index contributed by atoms with van der Waals surface area (Å²) in [6.07, 6.45) is 2.30. The van der Waals surface area contributed by atoms with Gasteiger partial charge >= 0.3 is 0 Å². The fourth-order valence-electron chi connectivity index (χ4n) is 2.36. The van der Waals surface area contributed by atoms with Crippen molar-refractivity contribution < 1.29 is 28.2 Å². The molecule has 3 rings (SSSR count). The molecule has 0 atom stereocenters. The molecule has 8 heteroatoms. The van der Waals surface area contributed by atoms with E-state index < -0.39 is 0 Å². The Morgan fingerprint density at radius 2 is 1.96 bits per heavy atom. The van der Waals surface area contributed by atoms with E-state index in [4.69, 9.17) is 18.6 Å². The van der Waals surface area contributed by atoms with Crippen LogP contribution in [0.4, 0.5) is 0 Å². The third-order valence-electron chi connectivity index (χ3n) is 3.65. The van der Waals surface area contributed by atoms with Gasteiger partial charge in [0.15, 0.2) is 17.3 Å². The van der Waals surface area contributed by atoms with Crippen molar-refractivity contribution in [1.29, 1.82) is 0 Å². The predicted octanol–water partition coefficient (Wildman–Crippen LogP) is 1.71. The van der Waals surface area contributed by atoms with E-state index in [9.17, 15) is 9.59 Å². The molecule has 0 spiro atoms. The van der Waals surface area contributed by atoms with Crippen LogP contribution in [0.3, 0.4) is 0 Å². The number of amides is 2. The summed E-state index contributed by atoms with van der Waals surface area (Å²) in [6.45, 7) is 1.37. The maximum atomic E-state index is 11.7. The highest BCUT2D eigenvalue weighted by atomic mass is 16.7. The molecule has 138 valence electrons. The molecule has 0 unspecified atom stereocenters. The summed E-state index contributed by atoms with van der Waals surface area (Å²) in [6, 6.07) is 8.56. The lowest BCUT2D eigenvalue weighted by Gasteiger charge is -2.08. The van der Waals surface area contributed by atoms with E-state index >= 15 is 0 Å². The van der Waals surface area contributed by atoms with Crippen LogP contribution in [0.1, 0.15) is 23.4 Å². The van der Waals surface area contributed by atoms with E-state index in [0.29, 0.717) is 49.8 Å². The number of carbonyl (C=O) groups is 2. The summed E-state index contributed by atoms with van der Waals surface area (Å²) in [5, 5.41) is 5.46. The van der Waals surface area contributed by atoms with E-state index in [2.05, 4.69) is 10.6 Å². The maximum Gasteiger partial charge on any atom is 0.286 e. The van der Waals surface area contributed by atoms with E-state index in [1.54, 1.807) is 30.3 Å². The molecule has 0 bridgehead atoms. The Kier molecular flexibility index (Phi) is 5.97. The van der Waals surface area contributed by atoms with Gasteiger partial charge in [-0.25, -0.2) is 0 Å². The largest absolute Gasteiger partial charge is 0.492 e. The van der Waals surface area contributed by atoms with Gasteiger partial charge in [-0.3, -0.25) is 9.59 Å². The number of fused-ring (bicyclic) bond motifs is 1. The molecular weight excluding hydrogens is 340 g/mol. The highest BCUT2D eigenvalue weighted by Gasteiger charge is 2.13. The van der Waals surface area contributed by atoms with Crippen molar-refractivity contribution in [2.24, 2.45) is 0 Å². The highest BCUT2D eigenvalue weighted by Crippen LogP contribution is 2.34. The number of benzene rings is 1. The Morgan fingerprint density at radius 3 is 2.81 bits per heavy atom. The fourth-order valence-corrected chi connectivity index (χ4v) is 2.36. The second-order valence-electron chi connectivity index (χ2n) is 5.55. The zero-order valence-electron chi connectivity index (χ0n) is 14.2. The van der Waals surface area contributed by atoms with Crippen molar-refractivity contribution in [3.05, 3.63) is 42.4 Å². The van der Waals surface area contributed by atoms with Crippen LogP contribution < -0.4 is 24.8 Å². The zero-order chi connectivity index (χ0) is 18.2. The second kappa shape index (κ2) is 8.80. The molecule has 2 N–H and O–H groups in total. The van der Waals surface area contributed by atoms with Crippen molar-refractivity contribution in [3.8, 4) is 17.2 Å². The summed E-state index contributed by atoms with van der Waals surface area (Å²) in [5.41, 5.74) is 0. The van der Waals surface area contributed by atoms with Gasteiger partial charge in [-0.05, 0) is 30.7 Å². The van der Waals surface area contributed by atoms with Gasteiger partial charge in [0, 0.05) is 19.0 Å². The lowest BCUT2D eigenvalue weighted by atomic mass is 10.3. The molecule has 2 amide bonds.